The van der Waals surface area contributed by atoms with Crippen LogP contribution in [-0.2, 0) is 5.41 Å². The Balaban J connectivity index is 1.81. The number of nitro benzene ring substituents is 1. The zero-order valence-electron chi connectivity index (χ0n) is 16.5. The lowest BCUT2D eigenvalue weighted by Gasteiger charge is -2.35. The summed E-state index contributed by atoms with van der Waals surface area (Å²) in [5.74, 6) is 0. The number of nitro groups is 1. The van der Waals surface area contributed by atoms with Crippen LogP contribution in [0, 0.1) is 10.1 Å². The van der Waals surface area contributed by atoms with Crippen LogP contribution in [0.2, 0.25) is 0 Å². The molecule has 1 aliphatic heterocycles. The van der Waals surface area contributed by atoms with Crippen molar-refractivity contribution < 1.29 is 4.92 Å². The number of anilines is 1. The summed E-state index contributed by atoms with van der Waals surface area (Å²) >= 11 is 0. The van der Waals surface area contributed by atoms with Gasteiger partial charge in [0, 0.05) is 35.8 Å². The van der Waals surface area contributed by atoms with Crippen molar-refractivity contribution in [1.82, 2.24) is 0 Å². The molecule has 1 heterocycles. The van der Waals surface area contributed by atoms with Gasteiger partial charge in [-0.1, -0.05) is 65.2 Å². The number of non-ortho nitro benzene ring substituents is 1. The summed E-state index contributed by atoms with van der Waals surface area (Å²) in [7, 11) is 0. The molecule has 0 N–H and O–H groups in total. The number of benzene rings is 1. The molecule has 1 fully saturated rings. The van der Waals surface area contributed by atoms with Gasteiger partial charge in [-0.3, -0.25) is 10.1 Å². The third kappa shape index (κ3) is 4.05. The minimum atomic E-state index is -0.250. The molecule has 1 atom stereocenters. The fraction of sp³-hybridized carbons (Fsp3) is 0.727. The predicted octanol–water partition coefficient (Wildman–Crippen LogP) is 6.37. The van der Waals surface area contributed by atoms with Crippen LogP contribution >= 0.6 is 0 Å². The molecule has 144 valence electrons. The maximum Gasteiger partial charge on any atom is 0.271 e. The smallest absolute Gasteiger partial charge is 0.271 e. The first-order valence-corrected chi connectivity index (χ1v) is 10.6. The van der Waals surface area contributed by atoms with Gasteiger partial charge in [0.15, 0.2) is 0 Å². The summed E-state index contributed by atoms with van der Waals surface area (Å²) in [6.45, 7) is 5.66. The number of nitrogens with zero attached hydrogens (tertiary/aromatic N) is 2. The normalized spacial score (nSPS) is 23.2. The van der Waals surface area contributed by atoms with Gasteiger partial charge >= 0.3 is 0 Å². The highest BCUT2D eigenvalue weighted by molar-refractivity contribution is 5.67. The topological polar surface area (TPSA) is 46.4 Å². The molecule has 0 aromatic heterocycles. The van der Waals surface area contributed by atoms with Crippen molar-refractivity contribution in [2.24, 2.45) is 0 Å². The molecule has 3 rings (SSSR count). The summed E-state index contributed by atoms with van der Waals surface area (Å²) in [6.07, 6.45) is 14.0. The molecule has 1 aromatic carbocycles. The number of unbranched alkanes of at least 4 members (excludes halogenated alkanes) is 4. The van der Waals surface area contributed by atoms with Crippen LogP contribution in [0.25, 0.3) is 0 Å². The second-order valence-corrected chi connectivity index (χ2v) is 8.60. The highest BCUT2D eigenvalue weighted by Gasteiger charge is 2.41. The quantitative estimate of drug-likeness (QED) is 0.308. The van der Waals surface area contributed by atoms with Crippen molar-refractivity contribution in [1.29, 1.82) is 0 Å². The predicted molar refractivity (Wildman–Crippen MR) is 108 cm³/mol. The van der Waals surface area contributed by atoms with Crippen molar-refractivity contribution in [3.63, 3.8) is 0 Å². The lowest BCUT2D eigenvalue weighted by atomic mass is 9.79. The highest BCUT2D eigenvalue weighted by atomic mass is 16.6. The number of rotatable bonds is 8. The summed E-state index contributed by atoms with van der Waals surface area (Å²) in [5, 5.41) is 11.3. The fourth-order valence-electron chi connectivity index (χ4n) is 4.98. The fourth-order valence-corrected chi connectivity index (χ4v) is 4.98. The molecule has 0 saturated heterocycles. The molecular formula is C22H34N2O2. The molecule has 2 aliphatic rings. The van der Waals surface area contributed by atoms with Crippen LogP contribution in [0.5, 0.6) is 0 Å². The molecule has 0 bridgehead atoms. The van der Waals surface area contributed by atoms with Gasteiger partial charge in [-0.25, -0.2) is 0 Å². The third-order valence-corrected chi connectivity index (χ3v) is 6.52. The molecule has 1 aromatic rings. The Labute approximate surface area is 158 Å². The number of hydrogen-bond acceptors (Lipinski definition) is 3. The van der Waals surface area contributed by atoms with E-state index in [2.05, 4.69) is 18.7 Å². The van der Waals surface area contributed by atoms with Crippen molar-refractivity contribution in [2.75, 3.05) is 11.4 Å². The molecule has 0 amide bonds. The molecule has 4 heteroatoms. The summed E-state index contributed by atoms with van der Waals surface area (Å²) in [6, 6.07) is 6.15. The lowest BCUT2D eigenvalue weighted by molar-refractivity contribution is -0.384. The van der Waals surface area contributed by atoms with Crippen LogP contribution in [0.3, 0.4) is 0 Å². The van der Waals surface area contributed by atoms with E-state index in [1.165, 1.54) is 76.2 Å². The lowest BCUT2D eigenvalue weighted by Crippen LogP contribution is -2.39. The molecule has 1 aliphatic carbocycles. The van der Waals surface area contributed by atoms with Crippen LogP contribution < -0.4 is 4.90 Å². The second-order valence-electron chi connectivity index (χ2n) is 8.60. The zero-order valence-corrected chi connectivity index (χ0v) is 16.5. The van der Waals surface area contributed by atoms with Crippen LogP contribution in [-0.4, -0.2) is 17.5 Å². The Morgan fingerprint density at radius 2 is 1.88 bits per heavy atom. The van der Waals surface area contributed by atoms with Gasteiger partial charge in [0.2, 0.25) is 0 Å². The third-order valence-electron chi connectivity index (χ3n) is 6.52. The average molecular weight is 359 g/mol. The number of fused-ring (bicyclic) bond motifs is 1. The molecule has 1 saturated carbocycles. The molecule has 26 heavy (non-hydrogen) atoms. The van der Waals surface area contributed by atoms with Gasteiger partial charge in [-0.05, 0) is 30.9 Å². The Kier molecular flexibility index (Phi) is 6.20. The van der Waals surface area contributed by atoms with E-state index in [0.29, 0.717) is 6.04 Å². The van der Waals surface area contributed by atoms with Gasteiger partial charge in [0.05, 0.1) is 4.92 Å². The van der Waals surface area contributed by atoms with E-state index in [9.17, 15) is 10.1 Å². The monoisotopic (exact) mass is 358 g/mol. The van der Waals surface area contributed by atoms with E-state index >= 15 is 0 Å². The molecular weight excluding hydrogens is 324 g/mol. The molecule has 1 unspecified atom stereocenters. The van der Waals surface area contributed by atoms with E-state index in [1.54, 1.807) is 6.07 Å². The maximum absolute atomic E-state index is 11.3. The summed E-state index contributed by atoms with van der Waals surface area (Å²) < 4.78 is 0. The standard InChI is InChI=1S/C22H34N2O2/c1-3-4-5-6-10-15-22(2)17-23(18-11-8-7-9-12-18)21-16-19(24(25)26)13-14-20(21)22/h13-14,16,18H,3-12,15,17H2,1-2H3. The van der Waals surface area contributed by atoms with Crippen molar-refractivity contribution in [2.45, 2.75) is 95.9 Å². The van der Waals surface area contributed by atoms with E-state index in [1.807, 2.05) is 12.1 Å². The van der Waals surface area contributed by atoms with Crippen LogP contribution in [0.4, 0.5) is 11.4 Å². The Bertz CT molecular complexity index is 625. The minimum absolute atomic E-state index is 0.133. The van der Waals surface area contributed by atoms with Gasteiger partial charge in [-0.15, -0.1) is 0 Å². The Hall–Kier alpha value is -1.58. The summed E-state index contributed by atoms with van der Waals surface area (Å²) in [4.78, 5) is 13.6. The van der Waals surface area contributed by atoms with Gasteiger partial charge in [-0.2, -0.15) is 0 Å². The first-order valence-electron chi connectivity index (χ1n) is 10.6. The van der Waals surface area contributed by atoms with Gasteiger partial charge in [0.1, 0.15) is 0 Å². The zero-order chi connectivity index (χ0) is 18.6. The maximum atomic E-state index is 11.3. The number of hydrogen-bond donors (Lipinski definition) is 0. The minimum Gasteiger partial charge on any atom is -0.367 e. The van der Waals surface area contributed by atoms with Crippen molar-refractivity contribution in [3.05, 3.63) is 33.9 Å². The Morgan fingerprint density at radius 3 is 2.58 bits per heavy atom. The first-order chi connectivity index (χ1) is 12.5. The van der Waals surface area contributed by atoms with E-state index in [4.69, 9.17) is 0 Å². The van der Waals surface area contributed by atoms with Gasteiger partial charge < -0.3 is 4.90 Å². The molecule has 4 nitrogen and oxygen atoms in total. The van der Waals surface area contributed by atoms with E-state index < -0.39 is 0 Å². The first kappa shape index (κ1) is 19.2. The SMILES string of the molecule is CCCCCCCC1(C)CN(C2CCCCC2)c2cc([N+](=O)[O-])ccc21. The van der Waals surface area contributed by atoms with Crippen LogP contribution in [0.15, 0.2) is 18.2 Å². The Morgan fingerprint density at radius 1 is 1.15 bits per heavy atom. The molecule has 0 radical (unpaired) electrons. The largest absolute Gasteiger partial charge is 0.367 e. The van der Waals surface area contributed by atoms with Crippen LogP contribution in [0.1, 0.15) is 90.0 Å². The molecule has 0 spiro atoms. The van der Waals surface area contributed by atoms with E-state index in [0.717, 1.165) is 12.2 Å². The van der Waals surface area contributed by atoms with Gasteiger partial charge in [0.25, 0.3) is 5.69 Å². The average Bonchev–Trinajstić information content (AvgIpc) is 2.95. The highest BCUT2D eigenvalue weighted by Crippen LogP contribution is 2.47. The van der Waals surface area contributed by atoms with E-state index in [-0.39, 0.29) is 16.0 Å². The van der Waals surface area contributed by atoms with Crippen molar-refractivity contribution >= 4 is 11.4 Å². The summed E-state index contributed by atoms with van der Waals surface area (Å²) in [5.41, 5.74) is 2.84. The second kappa shape index (κ2) is 8.41. The van der Waals surface area contributed by atoms with Crippen molar-refractivity contribution in [3.8, 4) is 0 Å².